The van der Waals surface area contributed by atoms with Gasteiger partial charge in [0.15, 0.2) is 5.82 Å². The van der Waals surface area contributed by atoms with Crippen LogP contribution in [0.4, 0.5) is 13.2 Å². The van der Waals surface area contributed by atoms with Crippen molar-refractivity contribution in [3.05, 3.63) is 34.8 Å². The number of aryl methyl sites for hydroxylation is 2. The van der Waals surface area contributed by atoms with Crippen LogP contribution in [0.2, 0.25) is 0 Å². The second-order valence-electron chi connectivity index (χ2n) is 6.65. The smallest absolute Gasteiger partial charge is 0.328 e. The molecule has 0 spiro atoms. The van der Waals surface area contributed by atoms with Crippen LogP contribution in [-0.4, -0.2) is 52.1 Å². The number of halogens is 3. The highest BCUT2D eigenvalue weighted by atomic mass is 19.4. The van der Waals surface area contributed by atoms with Gasteiger partial charge in [-0.3, -0.25) is 14.6 Å². The molecule has 148 valence electrons. The van der Waals surface area contributed by atoms with Crippen molar-refractivity contribution >= 4 is 5.91 Å². The third-order valence-corrected chi connectivity index (χ3v) is 4.87. The van der Waals surface area contributed by atoms with Crippen molar-refractivity contribution < 1.29 is 18.0 Å². The molecule has 4 heterocycles. The number of nitrogens with one attached hydrogen (secondary N) is 1. The Morgan fingerprint density at radius 3 is 2.61 bits per heavy atom. The van der Waals surface area contributed by atoms with Crippen LogP contribution in [0.15, 0.2) is 6.07 Å². The molecular formula is C16H17F3N8O. The lowest BCUT2D eigenvalue weighted by Gasteiger charge is -2.27. The van der Waals surface area contributed by atoms with Crippen molar-refractivity contribution in [2.24, 2.45) is 7.05 Å². The van der Waals surface area contributed by atoms with Gasteiger partial charge in [-0.1, -0.05) is 0 Å². The molecule has 0 aromatic carbocycles. The van der Waals surface area contributed by atoms with E-state index in [0.29, 0.717) is 5.69 Å². The van der Waals surface area contributed by atoms with E-state index < -0.39 is 12.0 Å². The maximum atomic E-state index is 12.9. The third kappa shape index (κ3) is 2.84. The van der Waals surface area contributed by atoms with Gasteiger partial charge in [0.25, 0.3) is 5.91 Å². The molecule has 1 amide bonds. The molecule has 1 aliphatic rings. The van der Waals surface area contributed by atoms with Crippen LogP contribution in [0.3, 0.4) is 0 Å². The Morgan fingerprint density at radius 1 is 1.21 bits per heavy atom. The zero-order valence-corrected chi connectivity index (χ0v) is 15.4. The predicted octanol–water partition coefficient (Wildman–Crippen LogP) is 1.69. The van der Waals surface area contributed by atoms with Gasteiger partial charge in [0.2, 0.25) is 5.82 Å². The van der Waals surface area contributed by atoms with Gasteiger partial charge in [0.05, 0.1) is 17.9 Å². The summed E-state index contributed by atoms with van der Waals surface area (Å²) in [6.45, 7) is 3.80. The van der Waals surface area contributed by atoms with E-state index >= 15 is 0 Å². The summed E-state index contributed by atoms with van der Waals surface area (Å²) < 4.78 is 41.5. The van der Waals surface area contributed by atoms with Crippen molar-refractivity contribution in [3.63, 3.8) is 0 Å². The Balaban J connectivity index is 1.57. The number of hydrogen-bond donors (Lipinski definition) is 1. The number of rotatable bonds is 2. The minimum Gasteiger partial charge on any atom is -0.328 e. The number of nitrogens with zero attached hydrogens (tertiary/aromatic N) is 7. The van der Waals surface area contributed by atoms with Crippen LogP contribution in [0.1, 0.15) is 33.5 Å². The SMILES string of the molecule is Cc1nn(C)c(C)c1-c1cc(C(=O)N2CCn3c(nnc3C(F)(F)F)C2)[nH]n1. The molecule has 0 saturated heterocycles. The third-order valence-electron chi connectivity index (χ3n) is 4.87. The van der Waals surface area contributed by atoms with Crippen molar-refractivity contribution in [2.75, 3.05) is 6.54 Å². The number of amides is 1. The number of carbonyl (C=O) groups is 1. The first-order valence-electron chi connectivity index (χ1n) is 8.51. The second-order valence-corrected chi connectivity index (χ2v) is 6.65. The largest absolute Gasteiger partial charge is 0.451 e. The fourth-order valence-corrected chi connectivity index (χ4v) is 3.41. The van der Waals surface area contributed by atoms with Gasteiger partial charge in [-0.05, 0) is 19.9 Å². The van der Waals surface area contributed by atoms with Gasteiger partial charge >= 0.3 is 6.18 Å². The van der Waals surface area contributed by atoms with Gasteiger partial charge in [0.1, 0.15) is 5.69 Å². The number of hydrogen-bond acceptors (Lipinski definition) is 5. The van der Waals surface area contributed by atoms with Crippen molar-refractivity contribution in [2.45, 2.75) is 33.1 Å². The minimum absolute atomic E-state index is 0.0231. The Bertz CT molecular complexity index is 1060. The molecule has 1 aliphatic heterocycles. The first kappa shape index (κ1) is 18.2. The Morgan fingerprint density at radius 2 is 1.96 bits per heavy atom. The Kier molecular flexibility index (Phi) is 4.01. The molecule has 0 unspecified atom stereocenters. The molecule has 0 radical (unpaired) electrons. The van der Waals surface area contributed by atoms with Gasteiger partial charge in [-0.2, -0.15) is 23.4 Å². The molecule has 3 aromatic rings. The van der Waals surface area contributed by atoms with E-state index in [9.17, 15) is 18.0 Å². The summed E-state index contributed by atoms with van der Waals surface area (Å²) in [5.41, 5.74) is 3.38. The van der Waals surface area contributed by atoms with Gasteiger partial charge in [-0.15, -0.1) is 10.2 Å². The Hall–Kier alpha value is -3.18. The number of H-pyrrole nitrogens is 1. The lowest BCUT2D eigenvalue weighted by atomic mass is 10.1. The van der Waals surface area contributed by atoms with Gasteiger partial charge in [0, 0.05) is 31.4 Å². The number of aromatic nitrogens is 7. The molecule has 9 nitrogen and oxygen atoms in total. The summed E-state index contributed by atoms with van der Waals surface area (Å²) in [5.74, 6) is -1.30. The fraction of sp³-hybridized carbons (Fsp3) is 0.438. The zero-order valence-electron chi connectivity index (χ0n) is 15.4. The molecule has 0 bridgehead atoms. The number of fused-ring (bicyclic) bond motifs is 1. The van der Waals surface area contributed by atoms with Crippen molar-refractivity contribution in [1.82, 2.24) is 39.6 Å². The van der Waals surface area contributed by atoms with Crippen LogP contribution >= 0.6 is 0 Å². The minimum atomic E-state index is -4.57. The summed E-state index contributed by atoms with van der Waals surface area (Å²) in [5, 5.41) is 18.1. The average molecular weight is 394 g/mol. The van der Waals surface area contributed by atoms with E-state index in [1.54, 1.807) is 10.7 Å². The molecule has 1 N–H and O–H groups in total. The lowest BCUT2D eigenvalue weighted by Crippen LogP contribution is -2.39. The molecule has 0 aliphatic carbocycles. The summed E-state index contributed by atoms with van der Waals surface area (Å²) in [6, 6.07) is 1.62. The van der Waals surface area contributed by atoms with Gasteiger partial charge < -0.3 is 9.47 Å². The second kappa shape index (κ2) is 6.17. The van der Waals surface area contributed by atoms with E-state index in [4.69, 9.17) is 0 Å². The standard InChI is InChI=1S/C16H17F3N8O/c1-8-13(9(2)25(3)24-8)10-6-11(21-20-10)14(28)26-4-5-27-12(7-26)22-23-15(27)16(17,18)19/h6H,4-5,7H2,1-3H3,(H,20,21). The quantitative estimate of drug-likeness (QED) is 0.714. The first-order chi connectivity index (χ1) is 13.2. The normalized spacial score (nSPS) is 14.4. The molecule has 4 rings (SSSR count). The molecular weight excluding hydrogens is 377 g/mol. The Labute approximate surface area is 157 Å². The van der Waals surface area contributed by atoms with Crippen LogP contribution in [-0.2, 0) is 26.3 Å². The lowest BCUT2D eigenvalue weighted by molar-refractivity contribution is -0.147. The average Bonchev–Trinajstić information content (AvgIpc) is 3.31. The predicted molar refractivity (Wildman–Crippen MR) is 90.0 cm³/mol. The van der Waals surface area contributed by atoms with Crippen LogP contribution in [0, 0.1) is 13.8 Å². The van der Waals surface area contributed by atoms with E-state index in [1.807, 2.05) is 20.9 Å². The van der Waals surface area contributed by atoms with Crippen LogP contribution in [0.5, 0.6) is 0 Å². The summed E-state index contributed by atoms with van der Waals surface area (Å²) in [7, 11) is 1.82. The summed E-state index contributed by atoms with van der Waals surface area (Å²) in [6.07, 6.45) is -4.57. The molecule has 0 atom stereocenters. The summed E-state index contributed by atoms with van der Waals surface area (Å²) in [4.78, 5) is 14.2. The highest BCUT2D eigenvalue weighted by Gasteiger charge is 2.40. The molecule has 0 saturated carbocycles. The fourth-order valence-electron chi connectivity index (χ4n) is 3.41. The van der Waals surface area contributed by atoms with E-state index in [0.717, 1.165) is 21.5 Å². The van der Waals surface area contributed by atoms with Crippen molar-refractivity contribution in [3.8, 4) is 11.3 Å². The van der Waals surface area contributed by atoms with E-state index in [2.05, 4.69) is 25.5 Å². The molecule has 28 heavy (non-hydrogen) atoms. The van der Waals surface area contributed by atoms with Crippen LogP contribution in [0.25, 0.3) is 11.3 Å². The van der Waals surface area contributed by atoms with E-state index in [1.165, 1.54) is 4.90 Å². The maximum Gasteiger partial charge on any atom is 0.451 e. The number of carbonyl (C=O) groups excluding carboxylic acids is 1. The first-order valence-corrected chi connectivity index (χ1v) is 8.51. The van der Waals surface area contributed by atoms with Crippen molar-refractivity contribution in [1.29, 1.82) is 0 Å². The monoisotopic (exact) mass is 394 g/mol. The molecule has 12 heteroatoms. The number of aromatic amines is 1. The summed E-state index contributed by atoms with van der Waals surface area (Å²) >= 11 is 0. The van der Waals surface area contributed by atoms with Gasteiger partial charge in [-0.25, -0.2) is 0 Å². The number of alkyl halides is 3. The molecule has 3 aromatic heterocycles. The highest BCUT2D eigenvalue weighted by molar-refractivity contribution is 5.93. The van der Waals surface area contributed by atoms with Crippen LogP contribution < -0.4 is 0 Å². The highest BCUT2D eigenvalue weighted by Crippen LogP contribution is 2.30. The topological polar surface area (TPSA) is 97.5 Å². The molecule has 0 fully saturated rings. The maximum absolute atomic E-state index is 12.9. The zero-order chi connectivity index (χ0) is 20.2. The van der Waals surface area contributed by atoms with E-state index in [-0.39, 0.29) is 37.1 Å².